The Hall–Kier alpha value is -1.30. The monoisotopic (exact) mass is 215 g/mol. The normalized spacial score (nSPS) is 21.6. The first-order valence-corrected chi connectivity index (χ1v) is 5.13. The summed E-state index contributed by atoms with van der Waals surface area (Å²) in [6, 6.07) is -0.177. The van der Waals surface area contributed by atoms with E-state index >= 15 is 0 Å². The molecule has 6 nitrogen and oxygen atoms in total. The molecule has 1 fully saturated rings. The molecule has 1 rings (SSSR count). The minimum absolute atomic E-state index is 0.0200. The molecular weight excluding hydrogens is 198 g/mol. The van der Waals surface area contributed by atoms with Crippen LogP contribution in [0, 0.1) is 0 Å². The molecule has 86 valence electrons. The third-order valence-corrected chi connectivity index (χ3v) is 2.27. The lowest BCUT2D eigenvalue weighted by molar-refractivity contribution is -0.122. The predicted octanol–water partition coefficient (Wildman–Crippen LogP) is -0.660. The van der Waals surface area contributed by atoms with Crippen molar-refractivity contribution in [2.24, 2.45) is 5.73 Å². The van der Waals surface area contributed by atoms with Crippen LogP contribution in [-0.4, -0.2) is 37.7 Å². The molecule has 1 unspecified atom stereocenters. The molecule has 1 aliphatic rings. The Balaban J connectivity index is 2.18. The van der Waals surface area contributed by atoms with Gasteiger partial charge in [-0.05, 0) is 19.3 Å². The second kappa shape index (κ2) is 6.23. The van der Waals surface area contributed by atoms with Crippen LogP contribution in [0.2, 0.25) is 0 Å². The van der Waals surface area contributed by atoms with Crippen LogP contribution in [-0.2, 0) is 9.53 Å². The van der Waals surface area contributed by atoms with Crippen molar-refractivity contribution >= 4 is 12.0 Å². The van der Waals surface area contributed by atoms with Gasteiger partial charge < -0.3 is 21.1 Å². The van der Waals surface area contributed by atoms with Crippen molar-refractivity contribution in [3.63, 3.8) is 0 Å². The van der Waals surface area contributed by atoms with Crippen LogP contribution in [0.1, 0.15) is 19.3 Å². The summed E-state index contributed by atoms with van der Waals surface area (Å²) in [4.78, 5) is 21.7. The van der Waals surface area contributed by atoms with E-state index in [-0.39, 0.29) is 18.6 Å². The highest BCUT2D eigenvalue weighted by Crippen LogP contribution is 2.04. The fourth-order valence-corrected chi connectivity index (χ4v) is 1.52. The minimum Gasteiger partial charge on any atom is -0.448 e. The zero-order valence-corrected chi connectivity index (χ0v) is 8.62. The molecule has 1 atom stereocenters. The van der Waals surface area contributed by atoms with Crippen molar-refractivity contribution < 1.29 is 14.3 Å². The van der Waals surface area contributed by atoms with E-state index in [1.54, 1.807) is 0 Å². The highest BCUT2D eigenvalue weighted by molar-refractivity contribution is 5.81. The summed E-state index contributed by atoms with van der Waals surface area (Å²) in [5.41, 5.74) is 4.80. The van der Waals surface area contributed by atoms with Gasteiger partial charge in [0.15, 0.2) is 0 Å². The van der Waals surface area contributed by atoms with Crippen LogP contribution >= 0.6 is 0 Å². The van der Waals surface area contributed by atoms with Crippen molar-refractivity contribution in [3.8, 4) is 0 Å². The van der Waals surface area contributed by atoms with E-state index in [4.69, 9.17) is 5.73 Å². The molecule has 1 aliphatic heterocycles. The summed E-state index contributed by atoms with van der Waals surface area (Å²) in [5, 5.41) is 5.83. The van der Waals surface area contributed by atoms with Gasteiger partial charge in [0.2, 0.25) is 5.91 Å². The number of nitrogens with one attached hydrogen (secondary N) is 2. The molecule has 0 aromatic rings. The average Bonchev–Trinajstić information content (AvgIpc) is 2.38. The van der Waals surface area contributed by atoms with Gasteiger partial charge in [-0.15, -0.1) is 0 Å². The largest absolute Gasteiger partial charge is 0.448 e. The Morgan fingerprint density at radius 3 is 3.13 bits per heavy atom. The fraction of sp³-hybridized carbons (Fsp3) is 0.778. The van der Waals surface area contributed by atoms with Gasteiger partial charge in [-0.2, -0.15) is 0 Å². The van der Waals surface area contributed by atoms with E-state index in [1.807, 2.05) is 0 Å². The molecule has 2 amide bonds. The fourth-order valence-electron chi connectivity index (χ4n) is 1.52. The predicted molar refractivity (Wildman–Crippen MR) is 54.2 cm³/mol. The van der Waals surface area contributed by atoms with Gasteiger partial charge in [0.25, 0.3) is 0 Å². The Labute approximate surface area is 88.5 Å². The third-order valence-electron chi connectivity index (χ3n) is 2.27. The van der Waals surface area contributed by atoms with Crippen LogP contribution < -0.4 is 16.4 Å². The maximum Gasteiger partial charge on any atom is 0.404 e. The van der Waals surface area contributed by atoms with Crippen LogP contribution in [0.4, 0.5) is 4.79 Å². The van der Waals surface area contributed by atoms with Crippen molar-refractivity contribution in [1.29, 1.82) is 0 Å². The molecule has 0 aromatic heterocycles. The maximum atomic E-state index is 11.4. The second-order valence-corrected chi connectivity index (χ2v) is 3.46. The first-order valence-electron chi connectivity index (χ1n) is 5.13. The number of amides is 2. The number of hydrogen-bond acceptors (Lipinski definition) is 4. The second-order valence-electron chi connectivity index (χ2n) is 3.46. The number of carbonyl (C=O) groups excluding carboxylic acids is 2. The standard InChI is InChI=1S/C9H17N3O3/c10-9(14)15-6-5-11-7-3-1-2-4-12-8(7)13/h7,11H,1-6H2,(H2,10,14)(H,12,13). The first kappa shape index (κ1) is 11.8. The number of carbonyl (C=O) groups is 2. The van der Waals surface area contributed by atoms with Gasteiger partial charge in [-0.3, -0.25) is 4.79 Å². The Morgan fingerprint density at radius 2 is 2.40 bits per heavy atom. The van der Waals surface area contributed by atoms with Crippen molar-refractivity contribution in [1.82, 2.24) is 10.6 Å². The summed E-state index contributed by atoms with van der Waals surface area (Å²) < 4.78 is 4.54. The molecule has 6 heteroatoms. The number of nitrogens with two attached hydrogens (primary N) is 1. The number of rotatable bonds is 4. The molecule has 0 bridgehead atoms. The van der Waals surface area contributed by atoms with Crippen LogP contribution in [0.15, 0.2) is 0 Å². The summed E-state index contributed by atoms with van der Waals surface area (Å²) in [6.45, 7) is 1.38. The van der Waals surface area contributed by atoms with Crippen molar-refractivity contribution in [3.05, 3.63) is 0 Å². The molecule has 15 heavy (non-hydrogen) atoms. The Bertz CT molecular complexity index is 233. The van der Waals surface area contributed by atoms with Gasteiger partial charge in [-0.25, -0.2) is 4.79 Å². The van der Waals surface area contributed by atoms with E-state index < -0.39 is 6.09 Å². The van der Waals surface area contributed by atoms with Gasteiger partial charge in [-0.1, -0.05) is 0 Å². The van der Waals surface area contributed by atoms with E-state index in [9.17, 15) is 9.59 Å². The van der Waals surface area contributed by atoms with E-state index in [2.05, 4.69) is 15.4 Å². The molecule has 0 aliphatic carbocycles. The minimum atomic E-state index is -0.790. The topological polar surface area (TPSA) is 93.5 Å². The molecule has 4 N–H and O–H groups in total. The van der Waals surface area contributed by atoms with Crippen LogP contribution in [0.3, 0.4) is 0 Å². The molecule has 1 heterocycles. The van der Waals surface area contributed by atoms with Crippen molar-refractivity contribution in [2.75, 3.05) is 19.7 Å². The van der Waals surface area contributed by atoms with E-state index in [0.717, 1.165) is 25.8 Å². The average molecular weight is 215 g/mol. The van der Waals surface area contributed by atoms with Crippen molar-refractivity contribution in [2.45, 2.75) is 25.3 Å². The molecule has 0 saturated carbocycles. The lowest BCUT2D eigenvalue weighted by Gasteiger charge is -2.14. The van der Waals surface area contributed by atoms with Gasteiger partial charge in [0.1, 0.15) is 6.61 Å². The zero-order valence-electron chi connectivity index (χ0n) is 8.62. The zero-order chi connectivity index (χ0) is 11.1. The SMILES string of the molecule is NC(=O)OCCNC1CCCCNC1=O. The lowest BCUT2D eigenvalue weighted by Crippen LogP contribution is -2.44. The quantitative estimate of drug-likeness (QED) is 0.543. The summed E-state index contributed by atoms with van der Waals surface area (Å²) in [5.74, 6) is 0.0200. The number of ether oxygens (including phenoxy) is 1. The third kappa shape index (κ3) is 4.64. The highest BCUT2D eigenvalue weighted by Gasteiger charge is 2.19. The lowest BCUT2D eigenvalue weighted by atomic mass is 10.1. The highest BCUT2D eigenvalue weighted by atomic mass is 16.5. The van der Waals surface area contributed by atoms with Gasteiger partial charge in [0.05, 0.1) is 6.04 Å². The Kier molecular flexibility index (Phi) is 4.89. The number of primary amides is 1. The van der Waals surface area contributed by atoms with Crippen LogP contribution in [0.5, 0.6) is 0 Å². The Morgan fingerprint density at radius 1 is 1.60 bits per heavy atom. The van der Waals surface area contributed by atoms with E-state index in [0.29, 0.717) is 6.54 Å². The summed E-state index contributed by atoms with van der Waals surface area (Å²) in [6.07, 6.45) is 2.07. The summed E-state index contributed by atoms with van der Waals surface area (Å²) >= 11 is 0. The first-order chi connectivity index (χ1) is 7.20. The molecule has 0 radical (unpaired) electrons. The van der Waals surface area contributed by atoms with Gasteiger partial charge in [0, 0.05) is 13.1 Å². The molecule has 1 saturated heterocycles. The summed E-state index contributed by atoms with van der Waals surface area (Å²) in [7, 11) is 0. The molecular formula is C9H17N3O3. The van der Waals surface area contributed by atoms with E-state index in [1.165, 1.54) is 0 Å². The maximum absolute atomic E-state index is 11.4. The molecule has 0 spiro atoms. The molecule has 0 aromatic carbocycles. The number of hydrogen-bond donors (Lipinski definition) is 3. The van der Waals surface area contributed by atoms with Crippen LogP contribution in [0.25, 0.3) is 0 Å². The van der Waals surface area contributed by atoms with Gasteiger partial charge >= 0.3 is 6.09 Å². The smallest absolute Gasteiger partial charge is 0.404 e.